The lowest BCUT2D eigenvalue weighted by molar-refractivity contribution is -0.131. The molecule has 0 saturated carbocycles. The maximum atomic E-state index is 13.2. The number of halogens is 1. The summed E-state index contributed by atoms with van der Waals surface area (Å²) in [7, 11) is 0. The third kappa shape index (κ3) is 1.72. The number of ether oxygens (including phenoxy) is 1. The minimum absolute atomic E-state index is 0.0327. The number of hydrogen-bond donors (Lipinski definition) is 1. The molecule has 1 aliphatic heterocycles. The van der Waals surface area contributed by atoms with E-state index >= 15 is 0 Å². The lowest BCUT2D eigenvalue weighted by Crippen LogP contribution is -2.40. The molecule has 14 heavy (non-hydrogen) atoms. The average molecular weight is 196 g/mol. The maximum Gasteiger partial charge on any atom is 0.246 e. The van der Waals surface area contributed by atoms with Gasteiger partial charge in [-0.25, -0.2) is 4.39 Å². The summed E-state index contributed by atoms with van der Waals surface area (Å²) < 4.78 is 18.2. The molecule has 1 saturated heterocycles. The highest BCUT2D eigenvalue weighted by atomic mass is 19.1. The Bertz CT molecular complexity index is 356. The molecule has 1 atom stereocenters. The predicted octanol–water partition coefficient (Wildman–Crippen LogP) is 0.408. The average Bonchev–Trinajstić information content (AvgIpc) is 2.18. The van der Waals surface area contributed by atoms with Gasteiger partial charge in [-0.1, -0.05) is 0 Å². The van der Waals surface area contributed by atoms with Crippen LogP contribution in [0.5, 0.6) is 0 Å². The smallest absolute Gasteiger partial charge is 0.246 e. The highest BCUT2D eigenvalue weighted by molar-refractivity contribution is 5.78. The Balaban J connectivity index is 2.22. The van der Waals surface area contributed by atoms with Crippen molar-refractivity contribution in [1.29, 1.82) is 0 Å². The molecular weight excluding hydrogens is 187 g/mol. The summed E-state index contributed by atoms with van der Waals surface area (Å²) in [5.41, 5.74) is 0.223. The third-order valence-electron chi connectivity index (χ3n) is 1.97. The molecule has 1 aromatic heterocycles. The summed E-state index contributed by atoms with van der Waals surface area (Å²) in [5, 5.41) is 2.61. The van der Waals surface area contributed by atoms with Crippen LogP contribution in [0.1, 0.15) is 11.7 Å². The Labute approximate surface area is 80.1 Å². The molecule has 0 aromatic carbocycles. The van der Waals surface area contributed by atoms with Crippen molar-refractivity contribution in [2.75, 3.05) is 13.2 Å². The van der Waals surface area contributed by atoms with Gasteiger partial charge in [0, 0.05) is 6.20 Å². The Hall–Kier alpha value is -1.49. The number of nitrogens with zero attached hydrogens (tertiary/aromatic N) is 1. The summed E-state index contributed by atoms with van der Waals surface area (Å²) in [6.45, 7) is 0.296. The molecule has 1 fully saturated rings. The van der Waals surface area contributed by atoms with E-state index in [4.69, 9.17) is 4.74 Å². The highest BCUT2D eigenvalue weighted by Gasteiger charge is 2.23. The van der Waals surface area contributed by atoms with Crippen molar-refractivity contribution >= 4 is 5.91 Å². The van der Waals surface area contributed by atoms with E-state index in [1.807, 2.05) is 0 Å². The predicted molar refractivity (Wildman–Crippen MR) is 45.9 cm³/mol. The molecule has 0 bridgehead atoms. The van der Waals surface area contributed by atoms with Gasteiger partial charge in [0.05, 0.1) is 12.6 Å². The van der Waals surface area contributed by atoms with Crippen LogP contribution in [0.25, 0.3) is 0 Å². The van der Waals surface area contributed by atoms with E-state index in [1.54, 1.807) is 0 Å². The molecule has 1 amide bonds. The Kier molecular flexibility index (Phi) is 2.41. The summed E-state index contributed by atoms with van der Waals surface area (Å²) in [5.74, 6) is -0.672. The van der Waals surface area contributed by atoms with Gasteiger partial charge in [0.25, 0.3) is 0 Å². The molecule has 4 nitrogen and oxygen atoms in total. The third-order valence-corrected chi connectivity index (χ3v) is 1.97. The van der Waals surface area contributed by atoms with Gasteiger partial charge < -0.3 is 10.1 Å². The number of pyridine rings is 1. The van der Waals surface area contributed by atoms with Gasteiger partial charge in [0.2, 0.25) is 5.91 Å². The lowest BCUT2D eigenvalue weighted by atomic mass is 10.1. The Morgan fingerprint density at radius 3 is 3.21 bits per heavy atom. The molecule has 1 unspecified atom stereocenters. The van der Waals surface area contributed by atoms with Gasteiger partial charge in [0.1, 0.15) is 18.1 Å². The fourth-order valence-corrected chi connectivity index (χ4v) is 1.35. The maximum absolute atomic E-state index is 13.2. The summed E-state index contributed by atoms with van der Waals surface area (Å²) in [6.07, 6.45) is 1.49. The summed E-state index contributed by atoms with van der Waals surface area (Å²) in [6, 6.07) is 2.34. The standard InChI is InChI=1S/C9H9FN2O2/c10-6-2-1-3-11-9(6)7-4-14-5-8(13)12-7/h1-3,7H,4-5H2,(H,12,13). The SMILES string of the molecule is O=C1COCC(c2ncccc2F)N1. The van der Waals surface area contributed by atoms with Crippen molar-refractivity contribution in [3.8, 4) is 0 Å². The first-order valence-corrected chi connectivity index (χ1v) is 4.25. The Morgan fingerprint density at radius 2 is 2.50 bits per heavy atom. The number of morpholine rings is 1. The Morgan fingerprint density at radius 1 is 1.64 bits per heavy atom. The molecule has 0 aliphatic carbocycles. The van der Waals surface area contributed by atoms with Crippen LogP contribution in [0, 0.1) is 5.82 Å². The van der Waals surface area contributed by atoms with E-state index in [0.717, 1.165) is 0 Å². The fraction of sp³-hybridized carbons (Fsp3) is 0.333. The molecule has 1 aliphatic rings. The molecule has 2 rings (SSSR count). The lowest BCUT2D eigenvalue weighted by Gasteiger charge is -2.22. The first kappa shape index (κ1) is 9.08. The van der Waals surface area contributed by atoms with E-state index in [1.165, 1.54) is 18.3 Å². The number of carbonyl (C=O) groups is 1. The van der Waals surface area contributed by atoms with E-state index in [-0.39, 0.29) is 24.8 Å². The van der Waals surface area contributed by atoms with Gasteiger partial charge >= 0.3 is 0 Å². The molecule has 0 spiro atoms. The molecular formula is C9H9FN2O2. The van der Waals surface area contributed by atoms with Crippen molar-refractivity contribution in [3.05, 3.63) is 29.8 Å². The fourth-order valence-electron chi connectivity index (χ4n) is 1.35. The van der Waals surface area contributed by atoms with E-state index in [9.17, 15) is 9.18 Å². The first-order valence-electron chi connectivity index (χ1n) is 4.25. The van der Waals surface area contributed by atoms with Crippen LogP contribution < -0.4 is 5.32 Å². The number of hydrogen-bond acceptors (Lipinski definition) is 3. The van der Waals surface area contributed by atoms with E-state index in [0.29, 0.717) is 0 Å². The normalized spacial score (nSPS) is 21.8. The monoisotopic (exact) mass is 196 g/mol. The van der Waals surface area contributed by atoms with Crippen molar-refractivity contribution in [1.82, 2.24) is 10.3 Å². The van der Waals surface area contributed by atoms with E-state index < -0.39 is 11.9 Å². The van der Waals surface area contributed by atoms with Crippen molar-refractivity contribution in [3.63, 3.8) is 0 Å². The molecule has 74 valence electrons. The van der Waals surface area contributed by atoms with Gasteiger partial charge in [-0.05, 0) is 12.1 Å². The largest absolute Gasteiger partial charge is 0.369 e. The number of carbonyl (C=O) groups excluding carboxylic acids is 1. The molecule has 1 N–H and O–H groups in total. The highest BCUT2D eigenvalue weighted by Crippen LogP contribution is 2.16. The molecule has 2 heterocycles. The van der Waals surface area contributed by atoms with Crippen molar-refractivity contribution in [2.24, 2.45) is 0 Å². The van der Waals surface area contributed by atoms with Crippen LogP contribution in [-0.4, -0.2) is 24.1 Å². The number of aromatic nitrogens is 1. The molecule has 1 aromatic rings. The van der Waals surface area contributed by atoms with Gasteiger partial charge in [-0.3, -0.25) is 9.78 Å². The van der Waals surface area contributed by atoms with Crippen LogP contribution in [0.3, 0.4) is 0 Å². The zero-order chi connectivity index (χ0) is 9.97. The van der Waals surface area contributed by atoms with Crippen LogP contribution in [-0.2, 0) is 9.53 Å². The minimum atomic E-state index is -0.475. The minimum Gasteiger partial charge on any atom is -0.369 e. The quantitative estimate of drug-likeness (QED) is 0.707. The number of nitrogens with one attached hydrogen (secondary N) is 1. The summed E-state index contributed by atoms with van der Waals surface area (Å²) >= 11 is 0. The van der Waals surface area contributed by atoms with Gasteiger partial charge in [0.15, 0.2) is 0 Å². The van der Waals surface area contributed by atoms with Gasteiger partial charge in [-0.2, -0.15) is 0 Å². The van der Waals surface area contributed by atoms with Crippen LogP contribution in [0.4, 0.5) is 4.39 Å². The topological polar surface area (TPSA) is 51.2 Å². The van der Waals surface area contributed by atoms with Crippen LogP contribution >= 0.6 is 0 Å². The van der Waals surface area contributed by atoms with Crippen LogP contribution in [0.2, 0.25) is 0 Å². The second-order valence-electron chi connectivity index (χ2n) is 3.01. The van der Waals surface area contributed by atoms with Crippen molar-refractivity contribution < 1.29 is 13.9 Å². The zero-order valence-corrected chi connectivity index (χ0v) is 7.37. The van der Waals surface area contributed by atoms with Crippen molar-refractivity contribution in [2.45, 2.75) is 6.04 Å². The second kappa shape index (κ2) is 3.71. The van der Waals surface area contributed by atoms with Gasteiger partial charge in [-0.15, -0.1) is 0 Å². The molecule has 5 heteroatoms. The second-order valence-corrected chi connectivity index (χ2v) is 3.01. The van der Waals surface area contributed by atoms with E-state index in [2.05, 4.69) is 10.3 Å². The summed E-state index contributed by atoms with van der Waals surface area (Å²) in [4.78, 5) is 14.8. The number of amides is 1. The zero-order valence-electron chi connectivity index (χ0n) is 7.37. The first-order chi connectivity index (χ1) is 6.77. The van der Waals surface area contributed by atoms with Crippen LogP contribution in [0.15, 0.2) is 18.3 Å². The molecule has 0 radical (unpaired) electrons. The number of rotatable bonds is 1.